The number of hydrogen-bond donors (Lipinski definition) is 0. The number of piperidine rings is 1. The number of hydrogen-bond acceptors (Lipinski definition) is 6. The highest BCUT2D eigenvalue weighted by Gasteiger charge is 2.30. The van der Waals surface area contributed by atoms with E-state index < -0.39 is 0 Å². The Hall–Kier alpha value is -2.33. The number of carbonyl (C=O) groups excluding carboxylic acids is 1. The van der Waals surface area contributed by atoms with Crippen LogP contribution in [-0.2, 0) is 4.74 Å². The predicted molar refractivity (Wildman–Crippen MR) is 99.1 cm³/mol. The Morgan fingerprint density at radius 1 is 1.31 bits per heavy atom. The van der Waals surface area contributed by atoms with E-state index in [1.165, 1.54) is 0 Å². The van der Waals surface area contributed by atoms with Crippen LogP contribution in [0.3, 0.4) is 0 Å². The normalized spacial score (nSPS) is 21.3. The fourth-order valence-electron chi connectivity index (χ4n) is 3.80. The van der Waals surface area contributed by atoms with Gasteiger partial charge in [-0.2, -0.15) is 5.26 Å². The largest absolute Gasteiger partial charge is 0.450 e. The average Bonchev–Trinajstić information content (AvgIpc) is 2.68. The molecule has 7 heteroatoms. The Morgan fingerprint density at radius 2 is 2.08 bits per heavy atom. The molecule has 0 aromatic carbocycles. The lowest BCUT2D eigenvalue weighted by Gasteiger charge is -2.43. The van der Waals surface area contributed by atoms with Crippen molar-refractivity contribution in [2.45, 2.75) is 32.7 Å². The summed E-state index contributed by atoms with van der Waals surface area (Å²) < 4.78 is 5.10. The van der Waals surface area contributed by atoms with E-state index in [9.17, 15) is 10.1 Å². The highest BCUT2D eigenvalue weighted by Crippen LogP contribution is 2.25. The van der Waals surface area contributed by atoms with Crippen LogP contribution in [0.15, 0.2) is 12.1 Å². The van der Waals surface area contributed by atoms with Crippen molar-refractivity contribution >= 4 is 11.9 Å². The fourth-order valence-corrected chi connectivity index (χ4v) is 3.80. The lowest BCUT2D eigenvalue weighted by atomic mass is 10.0. The van der Waals surface area contributed by atoms with E-state index in [1.807, 2.05) is 26.0 Å². The van der Waals surface area contributed by atoms with Gasteiger partial charge in [-0.25, -0.2) is 9.78 Å². The van der Waals surface area contributed by atoms with Crippen LogP contribution in [0.5, 0.6) is 0 Å². The van der Waals surface area contributed by atoms with Gasteiger partial charge in [-0.1, -0.05) is 0 Å². The van der Waals surface area contributed by atoms with Crippen LogP contribution in [-0.4, -0.2) is 72.8 Å². The van der Waals surface area contributed by atoms with Gasteiger partial charge in [-0.3, -0.25) is 4.90 Å². The van der Waals surface area contributed by atoms with Crippen molar-refractivity contribution in [2.24, 2.45) is 0 Å². The number of rotatable bonds is 3. The highest BCUT2D eigenvalue weighted by molar-refractivity contribution is 5.67. The molecule has 0 unspecified atom stereocenters. The standard InChI is InChI=1S/C19H27N5O2/c1-3-26-19(25)23-11-9-22(10-12-23)17-5-4-8-24(14-17)18-16(13-20)7-6-15(2)21-18/h6-7,17H,3-5,8-12,14H2,1-2H3/t17-/m0/s1. The molecule has 0 saturated carbocycles. The Labute approximate surface area is 155 Å². The molecule has 140 valence electrons. The monoisotopic (exact) mass is 357 g/mol. The summed E-state index contributed by atoms with van der Waals surface area (Å²) in [6, 6.07) is 6.45. The molecule has 0 spiro atoms. The number of nitrogens with zero attached hydrogens (tertiary/aromatic N) is 5. The molecular weight excluding hydrogens is 330 g/mol. The van der Waals surface area contributed by atoms with Gasteiger partial charge in [0.1, 0.15) is 11.9 Å². The summed E-state index contributed by atoms with van der Waals surface area (Å²) in [5.41, 5.74) is 1.58. The van der Waals surface area contributed by atoms with Gasteiger partial charge in [0.15, 0.2) is 0 Å². The summed E-state index contributed by atoms with van der Waals surface area (Å²) in [5, 5.41) is 9.40. The molecular formula is C19H27N5O2. The van der Waals surface area contributed by atoms with Gasteiger partial charge in [-0.15, -0.1) is 0 Å². The molecule has 2 fully saturated rings. The molecule has 2 aliphatic rings. The summed E-state index contributed by atoms with van der Waals surface area (Å²) in [6.45, 7) is 9.17. The van der Waals surface area contributed by atoms with Crippen LogP contribution in [0, 0.1) is 18.3 Å². The number of nitriles is 1. The SMILES string of the molecule is CCOC(=O)N1CCN([C@H]2CCCN(c3nc(C)ccc3C#N)C2)CC1. The quantitative estimate of drug-likeness (QED) is 0.824. The predicted octanol–water partition coefficient (Wildman–Crippen LogP) is 2.00. The Kier molecular flexibility index (Phi) is 5.94. The zero-order chi connectivity index (χ0) is 18.5. The zero-order valence-electron chi connectivity index (χ0n) is 15.6. The molecule has 26 heavy (non-hydrogen) atoms. The van der Waals surface area contributed by atoms with Gasteiger partial charge in [0.2, 0.25) is 0 Å². The Bertz CT molecular complexity index is 679. The van der Waals surface area contributed by atoms with E-state index >= 15 is 0 Å². The molecule has 0 bridgehead atoms. The lowest BCUT2D eigenvalue weighted by molar-refractivity contribution is 0.0629. The van der Waals surface area contributed by atoms with Crippen molar-refractivity contribution in [3.05, 3.63) is 23.4 Å². The molecule has 3 heterocycles. The maximum absolute atomic E-state index is 11.9. The van der Waals surface area contributed by atoms with Gasteiger partial charge in [0, 0.05) is 51.0 Å². The molecule has 7 nitrogen and oxygen atoms in total. The number of carbonyl (C=O) groups is 1. The minimum atomic E-state index is -0.208. The Balaban J connectivity index is 1.62. The van der Waals surface area contributed by atoms with Crippen LogP contribution in [0.25, 0.3) is 0 Å². The minimum absolute atomic E-state index is 0.208. The first-order chi connectivity index (χ1) is 12.6. The van der Waals surface area contributed by atoms with Crippen molar-refractivity contribution in [1.29, 1.82) is 5.26 Å². The van der Waals surface area contributed by atoms with Gasteiger partial charge < -0.3 is 14.5 Å². The number of ether oxygens (including phenoxy) is 1. The van der Waals surface area contributed by atoms with Crippen molar-refractivity contribution in [1.82, 2.24) is 14.8 Å². The minimum Gasteiger partial charge on any atom is -0.450 e. The topological polar surface area (TPSA) is 72.7 Å². The number of aromatic nitrogens is 1. The first kappa shape index (κ1) is 18.5. The maximum atomic E-state index is 11.9. The molecule has 2 aliphatic heterocycles. The third kappa shape index (κ3) is 4.07. The first-order valence-corrected chi connectivity index (χ1v) is 9.40. The molecule has 0 aliphatic carbocycles. The highest BCUT2D eigenvalue weighted by atomic mass is 16.6. The second kappa shape index (κ2) is 8.37. The van der Waals surface area contributed by atoms with E-state index in [-0.39, 0.29) is 6.09 Å². The van der Waals surface area contributed by atoms with E-state index in [2.05, 4.69) is 20.9 Å². The summed E-state index contributed by atoms with van der Waals surface area (Å²) in [6.07, 6.45) is 2.02. The summed E-state index contributed by atoms with van der Waals surface area (Å²) >= 11 is 0. The smallest absolute Gasteiger partial charge is 0.409 e. The van der Waals surface area contributed by atoms with Crippen LogP contribution < -0.4 is 4.90 Å². The van der Waals surface area contributed by atoms with Gasteiger partial charge in [-0.05, 0) is 38.8 Å². The van der Waals surface area contributed by atoms with Gasteiger partial charge >= 0.3 is 6.09 Å². The second-order valence-electron chi connectivity index (χ2n) is 6.90. The van der Waals surface area contributed by atoms with Crippen LogP contribution in [0.1, 0.15) is 31.0 Å². The maximum Gasteiger partial charge on any atom is 0.409 e. The van der Waals surface area contributed by atoms with Crippen molar-refractivity contribution < 1.29 is 9.53 Å². The summed E-state index contributed by atoms with van der Waals surface area (Å²) in [4.78, 5) is 23.0. The summed E-state index contributed by atoms with van der Waals surface area (Å²) in [7, 11) is 0. The molecule has 0 radical (unpaired) electrons. The fraction of sp³-hybridized carbons (Fsp3) is 0.632. The molecule has 2 saturated heterocycles. The average molecular weight is 357 g/mol. The number of amides is 1. The van der Waals surface area contributed by atoms with Gasteiger partial charge in [0.25, 0.3) is 0 Å². The van der Waals surface area contributed by atoms with E-state index in [0.717, 1.165) is 50.5 Å². The molecule has 1 aromatic rings. The number of piperazine rings is 1. The molecule has 1 atom stereocenters. The van der Waals surface area contributed by atoms with Crippen LogP contribution >= 0.6 is 0 Å². The van der Waals surface area contributed by atoms with E-state index in [1.54, 1.807) is 4.90 Å². The third-order valence-corrected chi connectivity index (χ3v) is 5.19. The van der Waals surface area contributed by atoms with Crippen LogP contribution in [0.4, 0.5) is 10.6 Å². The second-order valence-corrected chi connectivity index (χ2v) is 6.90. The van der Waals surface area contributed by atoms with Crippen molar-refractivity contribution in [2.75, 3.05) is 50.8 Å². The Morgan fingerprint density at radius 3 is 2.77 bits per heavy atom. The zero-order valence-corrected chi connectivity index (χ0v) is 15.6. The molecule has 3 rings (SSSR count). The first-order valence-electron chi connectivity index (χ1n) is 9.40. The van der Waals surface area contributed by atoms with E-state index in [4.69, 9.17) is 4.74 Å². The molecule has 0 N–H and O–H groups in total. The molecule has 1 aromatic heterocycles. The lowest BCUT2D eigenvalue weighted by Crippen LogP contribution is -2.56. The number of aryl methyl sites for hydroxylation is 1. The van der Waals surface area contributed by atoms with Crippen molar-refractivity contribution in [3.8, 4) is 6.07 Å². The number of anilines is 1. The third-order valence-electron chi connectivity index (χ3n) is 5.19. The van der Waals surface area contributed by atoms with Gasteiger partial charge in [0.05, 0.1) is 12.2 Å². The van der Waals surface area contributed by atoms with E-state index in [0.29, 0.717) is 31.3 Å². The van der Waals surface area contributed by atoms with Crippen LogP contribution in [0.2, 0.25) is 0 Å². The molecule has 1 amide bonds. The number of pyridine rings is 1. The summed E-state index contributed by atoms with van der Waals surface area (Å²) in [5.74, 6) is 0.808. The van der Waals surface area contributed by atoms with Crippen molar-refractivity contribution in [3.63, 3.8) is 0 Å².